The van der Waals surface area contributed by atoms with E-state index < -0.39 is 0 Å². The van der Waals surface area contributed by atoms with Crippen LogP contribution in [0.5, 0.6) is 0 Å². The van der Waals surface area contributed by atoms with Crippen molar-refractivity contribution in [1.29, 1.82) is 0 Å². The van der Waals surface area contributed by atoms with Gasteiger partial charge in [-0.1, -0.05) is 34.3 Å². The third-order valence-corrected chi connectivity index (χ3v) is 3.33. The first kappa shape index (κ1) is 13.6. The van der Waals surface area contributed by atoms with Crippen molar-refractivity contribution in [1.82, 2.24) is 14.5 Å². The minimum Gasteiger partial charge on any atom is -0.337 e. The van der Waals surface area contributed by atoms with Crippen LogP contribution in [0.15, 0.2) is 0 Å². The molecule has 0 bridgehead atoms. The van der Waals surface area contributed by atoms with Crippen LogP contribution in [0.1, 0.15) is 35.6 Å². The molecule has 0 aliphatic rings. The Balaban J connectivity index is 2.81. The number of alkyl halides is 1. The normalized spacial score (nSPS) is 10.4. The summed E-state index contributed by atoms with van der Waals surface area (Å²) in [6.45, 7) is 5.57. The molecule has 6 heteroatoms. The molecule has 0 fully saturated rings. The molecule has 0 saturated carbocycles. The standard InChI is InChI=1S/C10H16BrN3OS/c1-3-6-14(7-5-11)10(15)9-8(4-2)12-13-16-9/h3-7H2,1-2H3. The highest BCUT2D eigenvalue weighted by Crippen LogP contribution is 2.14. The molecule has 1 amide bonds. The topological polar surface area (TPSA) is 46.1 Å². The van der Waals surface area contributed by atoms with Crippen molar-refractivity contribution in [2.75, 3.05) is 18.4 Å². The SMILES string of the molecule is CCCN(CCBr)C(=O)c1snnc1CC. The molecule has 0 N–H and O–H groups in total. The molecule has 0 radical (unpaired) electrons. The van der Waals surface area contributed by atoms with E-state index in [0.717, 1.165) is 37.0 Å². The van der Waals surface area contributed by atoms with E-state index in [-0.39, 0.29) is 5.91 Å². The van der Waals surface area contributed by atoms with Crippen LogP contribution >= 0.6 is 27.5 Å². The maximum Gasteiger partial charge on any atom is 0.267 e. The molecule has 0 aliphatic heterocycles. The van der Waals surface area contributed by atoms with Crippen molar-refractivity contribution in [2.24, 2.45) is 0 Å². The van der Waals surface area contributed by atoms with Gasteiger partial charge in [0.25, 0.3) is 5.91 Å². The Kier molecular flexibility index (Phi) is 5.90. The van der Waals surface area contributed by atoms with E-state index >= 15 is 0 Å². The number of carbonyl (C=O) groups is 1. The predicted molar refractivity (Wildman–Crippen MR) is 69.3 cm³/mol. The zero-order chi connectivity index (χ0) is 12.0. The Morgan fingerprint density at radius 2 is 2.19 bits per heavy atom. The number of aryl methyl sites for hydroxylation is 1. The molecule has 0 spiro atoms. The molecular weight excluding hydrogens is 290 g/mol. The first-order chi connectivity index (χ1) is 7.74. The smallest absolute Gasteiger partial charge is 0.267 e. The second-order valence-electron chi connectivity index (χ2n) is 3.38. The number of hydrogen-bond donors (Lipinski definition) is 0. The summed E-state index contributed by atoms with van der Waals surface area (Å²) < 4.78 is 3.85. The lowest BCUT2D eigenvalue weighted by Crippen LogP contribution is -2.33. The molecule has 1 heterocycles. The van der Waals surface area contributed by atoms with Crippen LogP contribution in [0.4, 0.5) is 0 Å². The van der Waals surface area contributed by atoms with Crippen molar-refractivity contribution in [2.45, 2.75) is 26.7 Å². The van der Waals surface area contributed by atoms with Gasteiger partial charge >= 0.3 is 0 Å². The minimum atomic E-state index is 0.0631. The van der Waals surface area contributed by atoms with E-state index in [2.05, 4.69) is 32.4 Å². The number of aromatic nitrogens is 2. The van der Waals surface area contributed by atoms with Gasteiger partial charge in [-0.05, 0) is 24.4 Å². The lowest BCUT2D eigenvalue weighted by molar-refractivity contribution is 0.0770. The third-order valence-electron chi connectivity index (χ3n) is 2.22. The van der Waals surface area contributed by atoms with E-state index in [1.54, 1.807) is 0 Å². The van der Waals surface area contributed by atoms with Crippen LogP contribution in [-0.4, -0.2) is 38.8 Å². The van der Waals surface area contributed by atoms with Crippen molar-refractivity contribution in [3.8, 4) is 0 Å². The maximum absolute atomic E-state index is 12.2. The van der Waals surface area contributed by atoms with Crippen LogP contribution in [-0.2, 0) is 6.42 Å². The highest BCUT2D eigenvalue weighted by molar-refractivity contribution is 9.09. The summed E-state index contributed by atoms with van der Waals surface area (Å²) in [4.78, 5) is 14.7. The molecule has 4 nitrogen and oxygen atoms in total. The summed E-state index contributed by atoms with van der Waals surface area (Å²) in [7, 11) is 0. The lowest BCUT2D eigenvalue weighted by Gasteiger charge is -2.20. The van der Waals surface area contributed by atoms with Crippen molar-refractivity contribution in [3.05, 3.63) is 10.6 Å². The predicted octanol–water partition coefficient (Wildman–Crippen LogP) is 2.35. The summed E-state index contributed by atoms with van der Waals surface area (Å²) in [5, 5.41) is 4.77. The molecule has 0 saturated heterocycles. The van der Waals surface area contributed by atoms with Gasteiger partial charge in [-0.25, -0.2) is 0 Å². The van der Waals surface area contributed by atoms with E-state index in [0.29, 0.717) is 4.88 Å². The zero-order valence-electron chi connectivity index (χ0n) is 9.57. The Hall–Kier alpha value is -0.490. The van der Waals surface area contributed by atoms with Gasteiger partial charge in [0.1, 0.15) is 4.88 Å². The largest absolute Gasteiger partial charge is 0.337 e. The molecule has 0 unspecified atom stereocenters. The Morgan fingerprint density at radius 1 is 1.44 bits per heavy atom. The van der Waals surface area contributed by atoms with E-state index in [4.69, 9.17) is 0 Å². The third kappa shape index (κ3) is 3.25. The maximum atomic E-state index is 12.2. The van der Waals surface area contributed by atoms with E-state index in [1.165, 1.54) is 11.5 Å². The summed E-state index contributed by atoms with van der Waals surface area (Å²) in [5.74, 6) is 0.0631. The number of carbonyl (C=O) groups excluding carboxylic acids is 1. The molecule has 1 aromatic heterocycles. The van der Waals surface area contributed by atoms with Crippen LogP contribution in [0.3, 0.4) is 0 Å². The summed E-state index contributed by atoms with van der Waals surface area (Å²) in [6, 6.07) is 0. The molecular formula is C10H16BrN3OS. The van der Waals surface area contributed by atoms with Gasteiger partial charge in [-0.3, -0.25) is 4.79 Å². The fraction of sp³-hybridized carbons (Fsp3) is 0.700. The Labute approximate surface area is 108 Å². The Bertz CT molecular complexity index is 337. The minimum absolute atomic E-state index is 0.0631. The van der Waals surface area contributed by atoms with Crippen molar-refractivity contribution >= 4 is 33.4 Å². The second-order valence-corrected chi connectivity index (χ2v) is 4.93. The molecule has 0 aliphatic carbocycles. The van der Waals surface area contributed by atoms with Crippen LogP contribution < -0.4 is 0 Å². The lowest BCUT2D eigenvalue weighted by atomic mass is 10.2. The highest BCUT2D eigenvalue weighted by Gasteiger charge is 2.20. The van der Waals surface area contributed by atoms with Gasteiger partial charge in [-0.15, -0.1) is 5.10 Å². The first-order valence-corrected chi connectivity index (χ1v) is 7.30. The van der Waals surface area contributed by atoms with Gasteiger partial charge in [0.15, 0.2) is 0 Å². The average molecular weight is 306 g/mol. The monoisotopic (exact) mass is 305 g/mol. The number of hydrogen-bond acceptors (Lipinski definition) is 4. The second kappa shape index (κ2) is 6.96. The molecule has 1 rings (SSSR count). The van der Waals surface area contributed by atoms with Crippen LogP contribution in [0, 0.1) is 0 Å². The van der Waals surface area contributed by atoms with E-state index in [1.807, 2.05) is 11.8 Å². The van der Waals surface area contributed by atoms with Crippen molar-refractivity contribution in [3.63, 3.8) is 0 Å². The van der Waals surface area contributed by atoms with Gasteiger partial charge in [0, 0.05) is 18.4 Å². The van der Waals surface area contributed by atoms with Crippen LogP contribution in [0.25, 0.3) is 0 Å². The summed E-state index contributed by atoms with van der Waals surface area (Å²) >= 11 is 4.56. The average Bonchev–Trinajstić information content (AvgIpc) is 2.75. The van der Waals surface area contributed by atoms with Gasteiger partial charge in [0.05, 0.1) is 5.69 Å². The Morgan fingerprint density at radius 3 is 2.75 bits per heavy atom. The van der Waals surface area contributed by atoms with Crippen LogP contribution in [0.2, 0.25) is 0 Å². The quantitative estimate of drug-likeness (QED) is 0.758. The number of nitrogens with zero attached hydrogens (tertiary/aromatic N) is 3. The number of rotatable bonds is 6. The zero-order valence-corrected chi connectivity index (χ0v) is 12.0. The van der Waals surface area contributed by atoms with Gasteiger partial charge in [-0.2, -0.15) is 0 Å². The molecule has 90 valence electrons. The fourth-order valence-electron chi connectivity index (χ4n) is 1.43. The molecule has 1 aromatic rings. The summed E-state index contributed by atoms with van der Waals surface area (Å²) in [6.07, 6.45) is 1.72. The van der Waals surface area contributed by atoms with Gasteiger partial charge in [0.2, 0.25) is 0 Å². The number of amides is 1. The summed E-state index contributed by atoms with van der Waals surface area (Å²) in [5.41, 5.74) is 0.811. The molecule has 0 aromatic carbocycles. The molecule has 16 heavy (non-hydrogen) atoms. The molecule has 0 atom stereocenters. The number of halogens is 1. The fourth-order valence-corrected chi connectivity index (χ4v) is 2.58. The first-order valence-electron chi connectivity index (χ1n) is 5.41. The van der Waals surface area contributed by atoms with E-state index in [9.17, 15) is 4.79 Å². The van der Waals surface area contributed by atoms with Crippen molar-refractivity contribution < 1.29 is 4.79 Å². The van der Waals surface area contributed by atoms with Gasteiger partial charge < -0.3 is 4.90 Å². The highest BCUT2D eigenvalue weighted by atomic mass is 79.9.